The molecule has 0 fully saturated rings. The van der Waals surface area contributed by atoms with Gasteiger partial charge in [0, 0.05) is 6.42 Å². The van der Waals surface area contributed by atoms with Crippen LogP contribution in [0.1, 0.15) is 245 Å². The Hall–Kier alpha value is -2.70. The van der Waals surface area contributed by atoms with E-state index in [0.717, 1.165) is 83.5 Å². The summed E-state index contributed by atoms with van der Waals surface area (Å²) < 4.78 is 5.91. The summed E-state index contributed by atoms with van der Waals surface area (Å²) in [6, 6.07) is -0.717. The molecule has 0 heterocycles. The van der Waals surface area contributed by atoms with Crippen LogP contribution in [0, 0.1) is 0 Å². The highest BCUT2D eigenvalue weighted by Crippen LogP contribution is 2.17. The second-order valence-electron chi connectivity index (χ2n) is 17.7. The van der Waals surface area contributed by atoms with Crippen molar-refractivity contribution in [3.05, 3.63) is 72.9 Å². The lowest BCUT2D eigenvalue weighted by atomic mass is 10.0. The van der Waals surface area contributed by atoms with Gasteiger partial charge in [0.25, 0.3) is 0 Å². The average molecular weight is 866 g/mol. The molecule has 6 nitrogen and oxygen atoms in total. The standard InChI is InChI=1S/C56H99NO5/c1-4-7-10-13-16-19-22-25-26-27-28-29-31-34-37-40-43-46-49-56(61)62-52(47-44-41-38-35-32-24-21-18-15-12-9-6-3)50-55(60)57-53(51-58)54(59)48-45-42-39-36-33-30-23-20-17-14-11-8-5-2/h10,13,16,19,22,25-29,35,38,52-54,58-59H,4-9,11-12,14-15,17-18,20-21,23-24,30-34,36-37,39-51H2,1-3H3,(H,57,60)/b13-10+,19-16+,25-22+,27-26+,29-28+,38-35-. The van der Waals surface area contributed by atoms with Crippen LogP contribution in [0.25, 0.3) is 0 Å². The average Bonchev–Trinajstić information content (AvgIpc) is 3.26. The molecule has 3 atom stereocenters. The Morgan fingerprint density at radius 2 is 0.887 bits per heavy atom. The van der Waals surface area contributed by atoms with Gasteiger partial charge < -0.3 is 20.3 Å². The summed E-state index contributed by atoms with van der Waals surface area (Å²) in [6.07, 6.45) is 62.4. The predicted octanol–water partition coefficient (Wildman–Crippen LogP) is 15.8. The van der Waals surface area contributed by atoms with E-state index in [9.17, 15) is 19.8 Å². The molecule has 358 valence electrons. The van der Waals surface area contributed by atoms with Crippen LogP contribution in [0.2, 0.25) is 0 Å². The molecule has 0 saturated carbocycles. The van der Waals surface area contributed by atoms with E-state index in [2.05, 4.69) is 74.7 Å². The number of aliphatic hydroxyl groups is 2. The topological polar surface area (TPSA) is 95.9 Å². The largest absolute Gasteiger partial charge is 0.462 e. The number of rotatable bonds is 46. The third-order valence-electron chi connectivity index (χ3n) is 11.6. The van der Waals surface area contributed by atoms with Crippen LogP contribution in [0.4, 0.5) is 0 Å². The fourth-order valence-electron chi connectivity index (χ4n) is 7.64. The summed E-state index contributed by atoms with van der Waals surface area (Å²) >= 11 is 0. The molecule has 0 aliphatic rings. The molecular weight excluding hydrogens is 767 g/mol. The number of esters is 1. The van der Waals surface area contributed by atoms with Gasteiger partial charge in [-0.1, -0.05) is 241 Å². The van der Waals surface area contributed by atoms with Gasteiger partial charge in [0.1, 0.15) is 6.10 Å². The van der Waals surface area contributed by atoms with Crippen molar-refractivity contribution in [1.29, 1.82) is 0 Å². The van der Waals surface area contributed by atoms with Crippen molar-refractivity contribution in [2.24, 2.45) is 0 Å². The maximum atomic E-state index is 13.2. The quantitative estimate of drug-likeness (QED) is 0.0245. The minimum atomic E-state index is -0.801. The molecule has 6 heteroatoms. The van der Waals surface area contributed by atoms with Gasteiger partial charge in [-0.25, -0.2) is 0 Å². The summed E-state index contributed by atoms with van der Waals surface area (Å²) in [6.45, 7) is 6.38. The number of nitrogens with one attached hydrogen (secondary N) is 1. The fraction of sp³-hybridized carbons (Fsp3) is 0.750. The number of hydrogen-bond acceptors (Lipinski definition) is 5. The van der Waals surface area contributed by atoms with Crippen LogP contribution in [-0.2, 0) is 14.3 Å². The number of allylic oxidation sites excluding steroid dienone is 12. The molecule has 0 aromatic carbocycles. The zero-order valence-electron chi connectivity index (χ0n) is 40.7. The predicted molar refractivity (Wildman–Crippen MR) is 268 cm³/mol. The van der Waals surface area contributed by atoms with E-state index in [-0.39, 0.29) is 24.9 Å². The van der Waals surface area contributed by atoms with E-state index < -0.39 is 18.2 Å². The normalized spacial score (nSPS) is 13.8. The smallest absolute Gasteiger partial charge is 0.306 e. The van der Waals surface area contributed by atoms with Crippen molar-refractivity contribution < 1.29 is 24.5 Å². The van der Waals surface area contributed by atoms with Gasteiger partial charge in [-0.05, 0) is 64.2 Å². The van der Waals surface area contributed by atoms with E-state index in [1.54, 1.807) is 0 Å². The lowest BCUT2D eigenvalue weighted by molar-refractivity contribution is -0.151. The number of amides is 1. The minimum Gasteiger partial charge on any atom is -0.462 e. The second kappa shape index (κ2) is 49.3. The Kier molecular flexibility index (Phi) is 47.2. The van der Waals surface area contributed by atoms with Crippen LogP contribution in [0.15, 0.2) is 72.9 Å². The Morgan fingerprint density at radius 1 is 0.468 bits per heavy atom. The zero-order chi connectivity index (χ0) is 45.2. The van der Waals surface area contributed by atoms with Crippen molar-refractivity contribution in [3.63, 3.8) is 0 Å². The molecule has 0 spiro atoms. The van der Waals surface area contributed by atoms with Crippen LogP contribution < -0.4 is 5.32 Å². The third kappa shape index (κ3) is 43.9. The number of unbranched alkanes of at least 4 members (excludes halogenated alkanes) is 26. The highest BCUT2D eigenvalue weighted by Gasteiger charge is 2.24. The monoisotopic (exact) mass is 866 g/mol. The van der Waals surface area contributed by atoms with Gasteiger partial charge in [-0.2, -0.15) is 0 Å². The summed E-state index contributed by atoms with van der Waals surface area (Å²) in [4.78, 5) is 26.1. The van der Waals surface area contributed by atoms with E-state index in [1.165, 1.54) is 116 Å². The molecule has 0 radical (unpaired) electrons. The highest BCUT2D eigenvalue weighted by molar-refractivity contribution is 5.77. The Balaban J connectivity index is 4.63. The number of carbonyl (C=O) groups is 2. The fourth-order valence-corrected chi connectivity index (χ4v) is 7.64. The van der Waals surface area contributed by atoms with Gasteiger partial charge >= 0.3 is 5.97 Å². The maximum Gasteiger partial charge on any atom is 0.306 e. The molecule has 0 rings (SSSR count). The first-order chi connectivity index (χ1) is 30.5. The molecule has 0 saturated heterocycles. The zero-order valence-corrected chi connectivity index (χ0v) is 40.7. The molecule has 0 aliphatic heterocycles. The van der Waals surface area contributed by atoms with Gasteiger partial charge in [-0.15, -0.1) is 0 Å². The van der Waals surface area contributed by atoms with Crippen molar-refractivity contribution >= 4 is 11.9 Å². The molecule has 1 amide bonds. The van der Waals surface area contributed by atoms with Crippen molar-refractivity contribution in [1.82, 2.24) is 5.32 Å². The first kappa shape index (κ1) is 59.3. The van der Waals surface area contributed by atoms with Crippen LogP contribution >= 0.6 is 0 Å². The minimum absolute atomic E-state index is 0.0439. The lowest BCUT2D eigenvalue weighted by Crippen LogP contribution is -2.46. The first-order valence-corrected chi connectivity index (χ1v) is 26.2. The maximum absolute atomic E-state index is 13.2. The number of carbonyl (C=O) groups excluding carboxylic acids is 2. The molecule has 0 aliphatic carbocycles. The first-order valence-electron chi connectivity index (χ1n) is 26.2. The molecule has 3 N–H and O–H groups in total. The van der Waals surface area contributed by atoms with Gasteiger partial charge in [0.2, 0.25) is 5.91 Å². The van der Waals surface area contributed by atoms with E-state index in [4.69, 9.17) is 4.74 Å². The van der Waals surface area contributed by atoms with Gasteiger partial charge in [0.15, 0.2) is 0 Å². The number of aliphatic hydroxyl groups excluding tert-OH is 2. The Morgan fingerprint density at radius 3 is 1.39 bits per heavy atom. The van der Waals surface area contributed by atoms with Crippen molar-refractivity contribution in [2.45, 2.75) is 264 Å². The SMILES string of the molecule is CCC/C=C/C=C/C=C/C=C/C=C/CCCCCCCC(=O)OC(CCC/C=C\CCCCCCCCC)CC(=O)NC(CO)C(O)CCCCCCCCCCCCCCC. The van der Waals surface area contributed by atoms with Gasteiger partial charge in [-0.3, -0.25) is 9.59 Å². The summed E-state index contributed by atoms with van der Waals surface area (Å²) in [7, 11) is 0. The van der Waals surface area contributed by atoms with E-state index in [0.29, 0.717) is 19.3 Å². The highest BCUT2D eigenvalue weighted by atomic mass is 16.5. The summed E-state index contributed by atoms with van der Waals surface area (Å²) in [5.74, 6) is -0.532. The Bertz CT molecular complexity index is 1150. The van der Waals surface area contributed by atoms with Crippen LogP contribution in [0.3, 0.4) is 0 Å². The van der Waals surface area contributed by atoms with Gasteiger partial charge in [0.05, 0.1) is 25.2 Å². The molecule has 3 unspecified atom stereocenters. The van der Waals surface area contributed by atoms with E-state index >= 15 is 0 Å². The second-order valence-corrected chi connectivity index (χ2v) is 17.7. The molecule has 62 heavy (non-hydrogen) atoms. The molecule has 0 bridgehead atoms. The van der Waals surface area contributed by atoms with Crippen molar-refractivity contribution in [2.75, 3.05) is 6.61 Å². The number of hydrogen-bond donors (Lipinski definition) is 3. The Labute approximate surface area is 383 Å². The molecule has 0 aromatic heterocycles. The summed E-state index contributed by atoms with van der Waals surface area (Å²) in [5.41, 5.74) is 0. The molecule has 0 aromatic rings. The third-order valence-corrected chi connectivity index (χ3v) is 11.6. The van der Waals surface area contributed by atoms with Crippen LogP contribution in [0.5, 0.6) is 0 Å². The number of ether oxygens (including phenoxy) is 1. The van der Waals surface area contributed by atoms with E-state index in [1.807, 2.05) is 24.3 Å². The van der Waals surface area contributed by atoms with Crippen molar-refractivity contribution in [3.8, 4) is 0 Å². The summed E-state index contributed by atoms with van der Waals surface area (Å²) in [5, 5.41) is 23.8. The molecular formula is C56H99NO5. The lowest BCUT2D eigenvalue weighted by Gasteiger charge is -2.24. The van der Waals surface area contributed by atoms with Crippen LogP contribution in [-0.4, -0.2) is 46.9 Å².